The van der Waals surface area contributed by atoms with Crippen molar-refractivity contribution < 1.29 is 5.11 Å². The molecule has 4 aliphatic rings. The van der Waals surface area contributed by atoms with Gasteiger partial charge in [-0.25, -0.2) is 0 Å². The Bertz CT molecular complexity index is 371. The van der Waals surface area contributed by atoms with Gasteiger partial charge in [-0.2, -0.15) is 0 Å². The van der Waals surface area contributed by atoms with Crippen LogP contribution in [0, 0.1) is 23.7 Å². The zero-order valence-electron chi connectivity index (χ0n) is 14.9. The van der Waals surface area contributed by atoms with Crippen molar-refractivity contribution in [2.75, 3.05) is 0 Å². The van der Waals surface area contributed by atoms with Gasteiger partial charge in [-0.05, 0) is 95.1 Å². The second kappa shape index (κ2) is 6.26. The van der Waals surface area contributed by atoms with Gasteiger partial charge in [0, 0.05) is 0 Å². The summed E-state index contributed by atoms with van der Waals surface area (Å²) in [5.41, 5.74) is -0.158. The maximum Gasteiger partial charge on any atom is 0.0612 e. The molecule has 4 aliphatic carbocycles. The molecule has 0 radical (unpaired) electrons. The molecule has 22 heavy (non-hydrogen) atoms. The van der Waals surface area contributed by atoms with Crippen LogP contribution in [0.3, 0.4) is 0 Å². The van der Waals surface area contributed by atoms with Gasteiger partial charge < -0.3 is 5.11 Å². The van der Waals surface area contributed by atoms with E-state index >= 15 is 0 Å². The largest absolute Gasteiger partial charge is 0.390 e. The molecule has 4 fully saturated rings. The van der Waals surface area contributed by atoms with E-state index in [2.05, 4.69) is 13.1 Å². The Hall–Kier alpha value is -0.370. The molecule has 0 aromatic heterocycles. The van der Waals surface area contributed by atoms with E-state index in [9.17, 15) is 5.11 Å². The fourth-order valence-corrected chi connectivity index (χ4v) is 5.65. The van der Waals surface area contributed by atoms with E-state index < -0.39 is 5.60 Å². The normalized spacial score (nSPS) is 38.8. The van der Waals surface area contributed by atoms with Crippen LogP contribution < -0.4 is 0 Å². The van der Waals surface area contributed by atoms with Crippen molar-refractivity contribution in [3.63, 3.8) is 0 Å². The van der Waals surface area contributed by atoms with Crippen molar-refractivity contribution >= 4 is 6.21 Å². The smallest absolute Gasteiger partial charge is 0.0612 e. The summed E-state index contributed by atoms with van der Waals surface area (Å²) in [6.07, 6.45) is 15.3. The Kier molecular flexibility index (Phi) is 4.69. The van der Waals surface area contributed by atoms with Crippen LogP contribution in [0.4, 0.5) is 0 Å². The molecule has 0 aromatic carbocycles. The number of hydrogen-bond acceptors (Lipinski definition) is 2. The van der Waals surface area contributed by atoms with Gasteiger partial charge in [0.2, 0.25) is 0 Å². The molecule has 0 saturated heterocycles. The topological polar surface area (TPSA) is 32.6 Å². The Morgan fingerprint density at radius 2 is 1.68 bits per heavy atom. The summed E-state index contributed by atoms with van der Waals surface area (Å²) in [5, 5.41) is 9.78. The first-order valence-electron chi connectivity index (χ1n) is 9.60. The lowest BCUT2D eigenvalue weighted by atomic mass is 9.53. The van der Waals surface area contributed by atoms with E-state index in [1.165, 1.54) is 44.9 Å². The van der Waals surface area contributed by atoms with E-state index in [1.54, 1.807) is 0 Å². The second-order valence-electron chi connectivity index (χ2n) is 9.50. The maximum atomic E-state index is 9.78. The van der Waals surface area contributed by atoms with Crippen LogP contribution in [0.15, 0.2) is 4.99 Å². The Labute approximate surface area is 136 Å². The van der Waals surface area contributed by atoms with Crippen molar-refractivity contribution in [2.24, 2.45) is 28.7 Å². The van der Waals surface area contributed by atoms with Gasteiger partial charge in [0.25, 0.3) is 0 Å². The summed E-state index contributed by atoms with van der Waals surface area (Å²) in [7, 11) is 0. The first-order valence-corrected chi connectivity index (χ1v) is 9.60. The van der Waals surface area contributed by atoms with E-state index in [0.717, 1.165) is 37.0 Å². The van der Waals surface area contributed by atoms with Crippen LogP contribution in [0.2, 0.25) is 0 Å². The minimum atomic E-state index is -0.507. The minimum absolute atomic E-state index is 0.349. The predicted octanol–water partition coefficient (Wildman–Crippen LogP) is 4.99. The Balaban J connectivity index is 1.44. The molecule has 1 unspecified atom stereocenters. The van der Waals surface area contributed by atoms with Crippen LogP contribution in [0.1, 0.15) is 85.0 Å². The van der Waals surface area contributed by atoms with Crippen LogP contribution >= 0.6 is 0 Å². The summed E-state index contributed by atoms with van der Waals surface area (Å²) in [6, 6.07) is 0. The third-order valence-electron chi connectivity index (χ3n) is 6.36. The lowest BCUT2D eigenvalue weighted by Crippen LogP contribution is -2.49. The molecular weight excluding hydrogens is 270 g/mol. The SMILES string of the molecule is CC(CC=NC12CC3CC(CC(C3)C1)C2)CCCC(C)(C)O. The molecule has 0 aromatic rings. The van der Waals surface area contributed by atoms with Gasteiger partial charge in [-0.15, -0.1) is 0 Å². The van der Waals surface area contributed by atoms with E-state index in [-0.39, 0.29) is 0 Å². The molecule has 0 heterocycles. The monoisotopic (exact) mass is 305 g/mol. The van der Waals surface area contributed by atoms with Crippen molar-refractivity contribution in [3.8, 4) is 0 Å². The number of aliphatic hydroxyl groups is 1. The number of nitrogens with zero attached hydrogens (tertiary/aromatic N) is 1. The molecule has 126 valence electrons. The highest BCUT2D eigenvalue weighted by molar-refractivity contribution is 5.58. The standard InChI is InChI=1S/C20H35NO/c1-15(5-4-7-19(2,3)22)6-8-21-20-12-16-9-17(13-20)11-18(10-16)14-20/h8,15-18,22H,4-7,9-14H2,1-3H3. The van der Waals surface area contributed by atoms with Gasteiger partial charge in [-0.1, -0.05) is 19.8 Å². The zero-order valence-corrected chi connectivity index (χ0v) is 14.9. The number of aliphatic imine (C=N–C) groups is 1. The molecule has 0 aliphatic heterocycles. The van der Waals surface area contributed by atoms with Crippen molar-refractivity contribution in [2.45, 2.75) is 96.1 Å². The molecule has 1 atom stereocenters. The Morgan fingerprint density at radius 1 is 1.14 bits per heavy atom. The average molecular weight is 306 g/mol. The highest BCUT2D eigenvalue weighted by Crippen LogP contribution is 2.57. The fraction of sp³-hybridized carbons (Fsp3) is 0.950. The summed E-state index contributed by atoms with van der Waals surface area (Å²) >= 11 is 0. The van der Waals surface area contributed by atoms with Gasteiger partial charge in [-0.3, -0.25) is 4.99 Å². The van der Waals surface area contributed by atoms with Gasteiger partial charge in [0.1, 0.15) is 0 Å². The molecule has 0 amide bonds. The molecular formula is C20H35NO. The Morgan fingerprint density at radius 3 is 2.18 bits per heavy atom. The summed E-state index contributed by atoms with van der Waals surface area (Å²) in [4.78, 5) is 5.14. The highest BCUT2D eigenvalue weighted by Gasteiger charge is 2.50. The number of rotatable bonds is 7. The maximum absolute atomic E-state index is 9.78. The molecule has 2 nitrogen and oxygen atoms in total. The third-order valence-corrected chi connectivity index (χ3v) is 6.36. The lowest BCUT2D eigenvalue weighted by molar-refractivity contribution is 0.00182. The van der Waals surface area contributed by atoms with Crippen molar-refractivity contribution in [1.29, 1.82) is 0 Å². The quantitative estimate of drug-likeness (QED) is 0.660. The number of hydrogen-bond donors (Lipinski definition) is 1. The third kappa shape index (κ3) is 4.13. The lowest BCUT2D eigenvalue weighted by Gasteiger charge is -2.55. The van der Waals surface area contributed by atoms with Crippen LogP contribution in [0.25, 0.3) is 0 Å². The summed E-state index contributed by atoms with van der Waals surface area (Å²) in [5.74, 6) is 3.67. The van der Waals surface area contributed by atoms with E-state index in [0.29, 0.717) is 11.5 Å². The van der Waals surface area contributed by atoms with Crippen molar-refractivity contribution in [3.05, 3.63) is 0 Å². The van der Waals surface area contributed by atoms with Gasteiger partial charge >= 0.3 is 0 Å². The van der Waals surface area contributed by atoms with Crippen LogP contribution in [-0.2, 0) is 0 Å². The molecule has 1 N–H and O–H groups in total. The first-order chi connectivity index (χ1) is 10.3. The zero-order chi connectivity index (χ0) is 15.8. The molecule has 4 bridgehead atoms. The average Bonchev–Trinajstić information content (AvgIpc) is 2.35. The predicted molar refractivity (Wildman–Crippen MR) is 93.3 cm³/mol. The molecule has 4 saturated carbocycles. The van der Waals surface area contributed by atoms with Crippen LogP contribution in [0.5, 0.6) is 0 Å². The first kappa shape index (κ1) is 16.5. The van der Waals surface area contributed by atoms with Crippen LogP contribution in [-0.4, -0.2) is 22.5 Å². The molecule has 2 heteroatoms. The summed E-state index contributed by atoms with van der Waals surface area (Å²) < 4.78 is 0. The molecule has 0 spiro atoms. The fourth-order valence-electron chi connectivity index (χ4n) is 5.65. The highest BCUT2D eigenvalue weighted by atomic mass is 16.3. The second-order valence-corrected chi connectivity index (χ2v) is 9.50. The molecule has 4 rings (SSSR count). The summed E-state index contributed by atoms with van der Waals surface area (Å²) in [6.45, 7) is 6.15. The van der Waals surface area contributed by atoms with E-state index in [4.69, 9.17) is 4.99 Å². The van der Waals surface area contributed by atoms with Gasteiger partial charge in [0.15, 0.2) is 0 Å². The van der Waals surface area contributed by atoms with Gasteiger partial charge in [0.05, 0.1) is 11.1 Å². The van der Waals surface area contributed by atoms with E-state index in [1.807, 2.05) is 13.8 Å². The minimum Gasteiger partial charge on any atom is -0.390 e. The van der Waals surface area contributed by atoms with Crippen molar-refractivity contribution in [1.82, 2.24) is 0 Å².